The van der Waals surface area contributed by atoms with E-state index < -0.39 is 10.0 Å². The minimum atomic E-state index is -3.07. The normalized spacial score (nSPS) is 24.1. The molecule has 0 aliphatic carbocycles. The van der Waals surface area contributed by atoms with Gasteiger partial charge in [-0.3, -0.25) is 0 Å². The van der Waals surface area contributed by atoms with Crippen molar-refractivity contribution in [2.24, 2.45) is 0 Å². The van der Waals surface area contributed by atoms with Crippen LogP contribution in [0.25, 0.3) is 0 Å². The second-order valence-corrected chi connectivity index (χ2v) is 6.71. The van der Waals surface area contributed by atoms with E-state index in [0.29, 0.717) is 19.6 Å². The Morgan fingerprint density at radius 2 is 1.94 bits per heavy atom. The third-order valence-electron chi connectivity index (χ3n) is 3.51. The number of nitrogens with one attached hydrogen (secondary N) is 1. The first kappa shape index (κ1) is 12.6. The van der Waals surface area contributed by atoms with Gasteiger partial charge in [0.15, 0.2) is 0 Å². The summed E-state index contributed by atoms with van der Waals surface area (Å²) in [5, 5.41) is 2.77. The smallest absolute Gasteiger partial charge is 0.317 e. The van der Waals surface area contributed by atoms with E-state index in [1.807, 2.05) is 4.90 Å². The van der Waals surface area contributed by atoms with Crippen LogP contribution in [-0.4, -0.2) is 61.6 Å². The summed E-state index contributed by atoms with van der Waals surface area (Å²) < 4.78 is 24.9. The van der Waals surface area contributed by atoms with Gasteiger partial charge in [-0.1, -0.05) is 0 Å². The third-order valence-corrected chi connectivity index (χ3v) is 5.39. The third kappa shape index (κ3) is 2.55. The van der Waals surface area contributed by atoms with Crippen molar-refractivity contribution in [1.82, 2.24) is 14.5 Å². The van der Waals surface area contributed by atoms with Crippen LogP contribution in [0.5, 0.6) is 0 Å². The molecule has 2 rings (SSSR count). The lowest BCUT2D eigenvalue weighted by molar-refractivity contribution is 0.167. The highest BCUT2D eigenvalue weighted by Crippen LogP contribution is 2.20. The van der Waals surface area contributed by atoms with Crippen LogP contribution in [0, 0.1) is 0 Å². The molecule has 0 aromatic heterocycles. The van der Waals surface area contributed by atoms with Crippen LogP contribution < -0.4 is 5.32 Å². The van der Waals surface area contributed by atoms with E-state index in [9.17, 15) is 13.2 Å². The number of carbonyl (C=O) groups is 1. The maximum atomic E-state index is 11.7. The summed E-state index contributed by atoms with van der Waals surface area (Å²) in [6, 6.07) is 0.183. The molecule has 2 saturated heterocycles. The molecular weight excluding hydrogens is 242 g/mol. The second-order valence-electron chi connectivity index (χ2n) is 4.46. The fraction of sp³-hybridized carbons (Fsp3) is 0.900. The van der Waals surface area contributed by atoms with Crippen LogP contribution in [0.4, 0.5) is 4.79 Å². The first-order valence-electron chi connectivity index (χ1n) is 6.07. The van der Waals surface area contributed by atoms with Crippen molar-refractivity contribution in [3.8, 4) is 0 Å². The Kier molecular flexibility index (Phi) is 3.58. The SMILES string of the molecule is CCS(=O)(=O)N1CCC(N2CCNC2=O)CC1. The molecule has 0 radical (unpaired) electrons. The molecule has 0 unspecified atom stereocenters. The highest BCUT2D eigenvalue weighted by Gasteiger charge is 2.33. The zero-order valence-electron chi connectivity index (χ0n) is 10.1. The fourth-order valence-electron chi connectivity index (χ4n) is 2.45. The monoisotopic (exact) mass is 261 g/mol. The molecule has 0 spiro atoms. The van der Waals surface area contributed by atoms with Gasteiger partial charge in [0, 0.05) is 32.2 Å². The van der Waals surface area contributed by atoms with Crippen LogP contribution >= 0.6 is 0 Å². The van der Waals surface area contributed by atoms with Crippen molar-refractivity contribution in [2.75, 3.05) is 31.9 Å². The van der Waals surface area contributed by atoms with Crippen molar-refractivity contribution < 1.29 is 13.2 Å². The number of nitrogens with zero attached hydrogens (tertiary/aromatic N) is 2. The van der Waals surface area contributed by atoms with Crippen molar-refractivity contribution >= 4 is 16.1 Å². The Morgan fingerprint density at radius 1 is 1.29 bits per heavy atom. The summed E-state index contributed by atoms with van der Waals surface area (Å²) in [6.07, 6.45) is 1.49. The lowest BCUT2D eigenvalue weighted by Gasteiger charge is -2.35. The number of sulfonamides is 1. The number of urea groups is 1. The average Bonchev–Trinajstić information content (AvgIpc) is 2.76. The highest BCUT2D eigenvalue weighted by atomic mass is 32.2. The number of amides is 2. The number of piperidine rings is 1. The standard InChI is InChI=1S/C10H19N3O3S/c1-2-17(15,16)12-6-3-9(4-7-12)13-8-5-11-10(13)14/h9H,2-8H2,1H3,(H,11,14). The molecule has 0 bridgehead atoms. The van der Waals surface area contributed by atoms with E-state index in [1.165, 1.54) is 4.31 Å². The van der Waals surface area contributed by atoms with E-state index in [4.69, 9.17) is 0 Å². The average molecular weight is 261 g/mol. The Balaban J connectivity index is 1.92. The zero-order chi connectivity index (χ0) is 12.5. The van der Waals surface area contributed by atoms with Gasteiger partial charge in [-0.05, 0) is 19.8 Å². The minimum Gasteiger partial charge on any atom is -0.336 e. The molecule has 2 aliphatic rings. The summed E-state index contributed by atoms with van der Waals surface area (Å²) in [6.45, 7) is 4.17. The van der Waals surface area contributed by atoms with Crippen LogP contribution in [0.1, 0.15) is 19.8 Å². The fourth-order valence-corrected chi connectivity index (χ4v) is 3.58. The summed E-state index contributed by atoms with van der Waals surface area (Å²) in [4.78, 5) is 13.3. The molecule has 1 N–H and O–H groups in total. The zero-order valence-corrected chi connectivity index (χ0v) is 10.9. The molecule has 2 fully saturated rings. The van der Waals surface area contributed by atoms with Crippen molar-refractivity contribution in [3.63, 3.8) is 0 Å². The van der Waals surface area contributed by atoms with Crippen molar-refractivity contribution in [3.05, 3.63) is 0 Å². The van der Waals surface area contributed by atoms with Gasteiger partial charge in [0.25, 0.3) is 0 Å². The Labute approximate surface area is 102 Å². The summed E-state index contributed by atoms with van der Waals surface area (Å²) >= 11 is 0. The Hall–Kier alpha value is -0.820. The second kappa shape index (κ2) is 4.81. The van der Waals surface area contributed by atoms with Gasteiger partial charge < -0.3 is 10.2 Å². The lowest BCUT2D eigenvalue weighted by atomic mass is 10.1. The van der Waals surface area contributed by atoms with Crippen molar-refractivity contribution in [2.45, 2.75) is 25.8 Å². The summed E-state index contributed by atoms with van der Waals surface area (Å²) in [5.74, 6) is 0.155. The van der Waals surface area contributed by atoms with Gasteiger partial charge in [-0.25, -0.2) is 17.5 Å². The van der Waals surface area contributed by atoms with Crippen LogP contribution in [-0.2, 0) is 10.0 Å². The van der Waals surface area contributed by atoms with E-state index >= 15 is 0 Å². The summed E-state index contributed by atoms with van der Waals surface area (Å²) in [5.41, 5.74) is 0. The van der Waals surface area contributed by atoms with Gasteiger partial charge in [-0.2, -0.15) is 0 Å². The predicted octanol–water partition coefficient (Wildman–Crippen LogP) is -0.174. The van der Waals surface area contributed by atoms with Crippen molar-refractivity contribution in [1.29, 1.82) is 0 Å². The van der Waals surface area contributed by atoms with Gasteiger partial charge in [0.2, 0.25) is 10.0 Å². The molecule has 0 saturated carbocycles. The van der Waals surface area contributed by atoms with E-state index in [1.54, 1.807) is 6.92 Å². The van der Waals surface area contributed by atoms with Crippen LogP contribution in [0.3, 0.4) is 0 Å². The Morgan fingerprint density at radius 3 is 2.41 bits per heavy atom. The van der Waals surface area contributed by atoms with Gasteiger partial charge in [0.05, 0.1) is 5.75 Å². The van der Waals surface area contributed by atoms with Crippen LogP contribution in [0.2, 0.25) is 0 Å². The topological polar surface area (TPSA) is 69.7 Å². The van der Waals surface area contributed by atoms with E-state index in [-0.39, 0.29) is 17.8 Å². The number of rotatable bonds is 3. The van der Waals surface area contributed by atoms with Gasteiger partial charge in [0.1, 0.15) is 0 Å². The quantitative estimate of drug-likeness (QED) is 0.766. The summed E-state index contributed by atoms with van der Waals surface area (Å²) in [7, 11) is -3.07. The molecule has 2 heterocycles. The molecular formula is C10H19N3O3S. The van der Waals surface area contributed by atoms with E-state index in [0.717, 1.165) is 19.4 Å². The molecule has 6 nitrogen and oxygen atoms in total. The molecule has 0 aromatic carbocycles. The highest BCUT2D eigenvalue weighted by molar-refractivity contribution is 7.89. The lowest BCUT2D eigenvalue weighted by Crippen LogP contribution is -2.47. The molecule has 0 aromatic rings. The van der Waals surface area contributed by atoms with E-state index in [2.05, 4.69) is 5.32 Å². The largest absolute Gasteiger partial charge is 0.336 e. The molecule has 7 heteroatoms. The number of carbonyl (C=O) groups excluding carboxylic acids is 1. The molecule has 0 atom stereocenters. The Bertz CT molecular complexity index is 388. The predicted molar refractivity (Wildman–Crippen MR) is 64.2 cm³/mol. The van der Waals surface area contributed by atoms with Gasteiger partial charge in [-0.15, -0.1) is 0 Å². The number of hydrogen-bond acceptors (Lipinski definition) is 3. The number of hydrogen-bond donors (Lipinski definition) is 1. The molecule has 2 aliphatic heterocycles. The molecule has 17 heavy (non-hydrogen) atoms. The van der Waals surface area contributed by atoms with Crippen LogP contribution in [0.15, 0.2) is 0 Å². The first-order valence-corrected chi connectivity index (χ1v) is 7.68. The first-order chi connectivity index (χ1) is 8.04. The minimum absolute atomic E-state index is 0.0122. The molecule has 2 amide bonds. The van der Waals surface area contributed by atoms with Gasteiger partial charge >= 0.3 is 6.03 Å². The maximum absolute atomic E-state index is 11.7. The maximum Gasteiger partial charge on any atom is 0.317 e. The molecule has 98 valence electrons.